The number of benzene rings is 8. The molecule has 0 nitrogen and oxygen atoms in total. The molecular formula is C44H40Si2. The second-order valence-electron chi connectivity index (χ2n) is 15.0. The maximum absolute atomic E-state index is 2.45. The summed E-state index contributed by atoms with van der Waals surface area (Å²) in [5.41, 5.74) is 7.74. The lowest BCUT2D eigenvalue weighted by Gasteiger charge is -2.21. The Kier molecular flexibility index (Phi) is 6.62. The molecule has 8 aromatic rings. The summed E-state index contributed by atoms with van der Waals surface area (Å²) in [7, 11) is -2.77. The van der Waals surface area contributed by atoms with Gasteiger partial charge in [-0.05, 0) is 88.6 Å². The van der Waals surface area contributed by atoms with Crippen LogP contribution in [0.4, 0.5) is 0 Å². The molecule has 0 spiro atoms. The molecule has 8 aromatic carbocycles. The molecule has 0 aliphatic carbocycles. The van der Waals surface area contributed by atoms with Crippen LogP contribution in [-0.4, -0.2) is 16.1 Å². The van der Waals surface area contributed by atoms with Gasteiger partial charge in [0.05, 0.1) is 16.1 Å². The molecule has 8 rings (SSSR count). The lowest BCUT2D eigenvalue weighted by atomic mass is 9.84. The van der Waals surface area contributed by atoms with Crippen molar-refractivity contribution in [1.29, 1.82) is 0 Å². The van der Waals surface area contributed by atoms with Crippen molar-refractivity contribution in [2.75, 3.05) is 0 Å². The summed E-state index contributed by atoms with van der Waals surface area (Å²) in [6, 6.07) is 51.0. The summed E-state index contributed by atoms with van der Waals surface area (Å²) in [5, 5.41) is 13.5. The third-order valence-corrected chi connectivity index (χ3v) is 14.1. The second kappa shape index (κ2) is 10.5. The van der Waals surface area contributed by atoms with Gasteiger partial charge in [0, 0.05) is 0 Å². The van der Waals surface area contributed by atoms with E-state index in [1.54, 1.807) is 0 Å². The van der Waals surface area contributed by atoms with Gasteiger partial charge in [-0.2, -0.15) is 0 Å². The third kappa shape index (κ3) is 4.79. The Morgan fingerprint density at radius 3 is 1.39 bits per heavy atom. The summed E-state index contributed by atoms with van der Waals surface area (Å²) < 4.78 is 0. The molecule has 0 saturated carbocycles. The quantitative estimate of drug-likeness (QED) is 0.132. The molecule has 0 radical (unpaired) electrons. The highest BCUT2D eigenvalue weighted by Gasteiger charge is 2.21. The number of hydrogen-bond acceptors (Lipinski definition) is 0. The Hall–Kier alpha value is -4.51. The van der Waals surface area contributed by atoms with Crippen molar-refractivity contribution in [3.8, 4) is 33.4 Å². The minimum Gasteiger partial charge on any atom is -0.0656 e. The van der Waals surface area contributed by atoms with E-state index in [-0.39, 0.29) is 0 Å². The molecule has 0 aliphatic heterocycles. The van der Waals surface area contributed by atoms with Crippen molar-refractivity contribution in [1.82, 2.24) is 0 Å². The maximum Gasteiger partial charge on any atom is 0.0775 e. The first-order valence-electron chi connectivity index (χ1n) is 16.5. The van der Waals surface area contributed by atoms with E-state index in [1.807, 2.05) is 0 Å². The summed E-state index contributed by atoms with van der Waals surface area (Å²) >= 11 is 0. The van der Waals surface area contributed by atoms with Crippen molar-refractivity contribution in [3.63, 3.8) is 0 Å². The number of hydrogen-bond donors (Lipinski definition) is 0. The van der Waals surface area contributed by atoms with E-state index in [2.05, 4.69) is 173 Å². The average molecular weight is 625 g/mol. The smallest absolute Gasteiger partial charge is 0.0656 e. The number of rotatable bonds is 5. The van der Waals surface area contributed by atoms with E-state index in [0.717, 1.165) is 0 Å². The number of fused-ring (bicyclic) bond motifs is 1. The van der Waals surface area contributed by atoms with Crippen molar-refractivity contribution >= 4 is 69.6 Å². The first-order valence-corrected chi connectivity index (χ1v) is 23.5. The average Bonchev–Trinajstić information content (AvgIpc) is 3.06. The lowest BCUT2D eigenvalue weighted by molar-refractivity contribution is 1.63. The molecule has 0 aliphatic rings. The zero-order valence-corrected chi connectivity index (χ0v) is 29.7. The molecule has 46 heavy (non-hydrogen) atoms. The molecule has 0 heterocycles. The third-order valence-electron chi connectivity index (χ3n) is 9.97. The summed E-state index contributed by atoms with van der Waals surface area (Å²) in [6.45, 7) is 14.5. The van der Waals surface area contributed by atoms with Gasteiger partial charge in [0.15, 0.2) is 0 Å². The second-order valence-corrected chi connectivity index (χ2v) is 25.2. The Bertz CT molecular complexity index is 2400. The molecule has 0 N–H and O–H groups in total. The largest absolute Gasteiger partial charge is 0.0775 e. The van der Waals surface area contributed by atoms with Crippen LogP contribution in [0, 0.1) is 0 Å². The highest BCUT2D eigenvalue weighted by molar-refractivity contribution is 6.89. The summed E-state index contributed by atoms with van der Waals surface area (Å²) in [6.07, 6.45) is 0. The molecule has 0 bridgehead atoms. The first kappa shape index (κ1) is 28.9. The van der Waals surface area contributed by atoms with Gasteiger partial charge in [0.2, 0.25) is 0 Å². The van der Waals surface area contributed by atoms with E-state index >= 15 is 0 Å². The van der Waals surface area contributed by atoms with Gasteiger partial charge in [-0.1, -0.05) is 171 Å². The van der Waals surface area contributed by atoms with Crippen molar-refractivity contribution < 1.29 is 0 Å². The van der Waals surface area contributed by atoms with Crippen molar-refractivity contribution in [2.45, 2.75) is 39.3 Å². The van der Waals surface area contributed by atoms with Gasteiger partial charge in [-0.3, -0.25) is 0 Å². The summed E-state index contributed by atoms with van der Waals surface area (Å²) in [5.74, 6) is 0. The Labute approximate surface area is 274 Å². The normalized spacial score (nSPS) is 12.6. The van der Waals surface area contributed by atoms with Crippen LogP contribution in [0.15, 0.2) is 133 Å². The standard InChI is InChI=1S/C44H40Si2/c1-45(2,3)35-19-13-30(14-20-35)37-23-17-32-18-24-39-41(31-15-21-36(22-16-31)46(4,5)6)28-42(40-26-25-38(37)43(32)44(39)40)34-12-11-29-9-7-8-10-33(29)27-34/h7-28H,1-6H3. The van der Waals surface area contributed by atoms with Gasteiger partial charge < -0.3 is 0 Å². The van der Waals surface area contributed by atoms with E-state index in [4.69, 9.17) is 0 Å². The monoisotopic (exact) mass is 624 g/mol. The molecule has 0 fully saturated rings. The fourth-order valence-electron chi connectivity index (χ4n) is 7.28. The van der Waals surface area contributed by atoms with Crippen LogP contribution >= 0.6 is 0 Å². The zero-order valence-electron chi connectivity index (χ0n) is 27.7. The summed E-state index contributed by atoms with van der Waals surface area (Å²) in [4.78, 5) is 0. The zero-order chi connectivity index (χ0) is 31.8. The Morgan fingerprint density at radius 1 is 0.326 bits per heavy atom. The van der Waals surface area contributed by atoms with Crippen LogP contribution in [0.2, 0.25) is 39.3 Å². The molecular weight excluding hydrogens is 585 g/mol. The molecule has 0 amide bonds. The van der Waals surface area contributed by atoms with E-state index in [1.165, 1.54) is 86.8 Å². The van der Waals surface area contributed by atoms with Gasteiger partial charge in [-0.25, -0.2) is 0 Å². The predicted octanol–water partition coefficient (Wildman–Crippen LogP) is 11.8. The van der Waals surface area contributed by atoms with Crippen LogP contribution in [0.5, 0.6) is 0 Å². The molecule has 0 saturated heterocycles. The molecule has 224 valence electrons. The minimum absolute atomic E-state index is 1.26. The van der Waals surface area contributed by atoms with Gasteiger partial charge in [0.1, 0.15) is 0 Å². The maximum atomic E-state index is 2.45. The molecule has 0 unspecified atom stereocenters. The van der Waals surface area contributed by atoms with E-state index < -0.39 is 16.1 Å². The van der Waals surface area contributed by atoms with Crippen LogP contribution in [-0.2, 0) is 0 Å². The van der Waals surface area contributed by atoms with E-state index in [0.29, 0.717) is 0 Å². The Balaban J connectivity index is 1.43. The van der Waals surface area contributed by atoms with E-state index in [9.17, 15) is 0 Å². The first-order chi connectivity index (χ1) is 22.1. The fourth-order valence-corrected chi connectivity index (χ4v) is 9.62. The highest BCUT2D eigenvalue weighted by atomic mass is 28.3. The van der Waals surface area contributed by atoms with Gasteiger partial charge in [-0.15, -0.1) is 0 Å². The van der Waals surface area contributed by atoms with Crippen LogP contribution < -0.4 is 10.4 Å². The van der Waals surface area contributed by atoms with Crippen molar-refractivity contribution in [3.05, 3.63) is 133 Å². The van der Waals surface area contributed by atoms with Crippen LogP contribution in [0.25, 0.3) is 76.5 Å². The minimum atomic E-state index is -1.40. The molecule has 2 heteroatoms. The lowest BCUT2D eigenvalue weighted by Crippen LogP contribution is -2.37. The highest BCUT2D eigenvalue weighted by Crippen LogP contribution is 2.46. The topological polar surface area (TPSA) is 0 Å². The Morgan fingerprint density at radius 2 is 0.783 bits per heavy atom. The van der Waals surface area contributed by atoms with Crippen LogP contribution in [0.1, 0.15) is 0 Å². The van der Waals surface area contributed by atoms with Crippen molar-refractivity contribution in [2.24, 2.45) is 0 Å². The van der Waals surface area contributed by atoms with Gasteiger partial charge >= 0.3 is 0 Å². The fraction of sp³-hybridized carbons (Fsp3) is 0.136. The molecule has 0 aromatic heterocycles. The van der Waals surface area contributed by atoms with Gasteiger partial charge in [0.25, 0.3) is 0 Å². The SMILES string of the molecule is C[Si](C)(C)c1ccc(-c2ccc3ccc4c(-c5ccc([Si](C)(C)C)cc5)cc(-c5ccc6ccccc6c5)c5ccc2c3c45)cc1. The van der Waals surface area contributed by atoms with Crippen LogP contribution in [0.3, 0.4) is 0 Å². The molecule has 0 atom stereocenters. The predicted molar refractivity (Wildman–Crippen MR) is 210 cm³/mol.